The third kappa shape index (κ3) is 3.37. The molecule has 1 heterocycles. The van der Waals surface area contributed by atoms with E-state index in [4.69, 9.17) is 5.11 Å². The molecule has 1 aliphatic heterocycles. The Morgan fingerprint density at radius 3 is 2.95 bits per heavy atom. The molecule has 1 aromatic rings. The monoisotopic (exact) mass is 275 g/mol. The van der Waals surface area contributed by atoms with E-state index in [1.807, 2.05) is 0 Å². The van der Waals surface area contributed by atoms with Gasteiger partial charge in [0.15, 0.2) is 0 Å². The number of halogens is 1. The second-order valence-electron chi connectivity index (χ2n) is 5.01. The SMILES string of the molecule is CCC1CC(=O)N(Cc2ccc(F)cc2C#CCO)C1. The number of amides is 1. The molecule has 1 saturated heterocycles. The summed E-state index contributed by atoms with van der Waals surface area (Å²) in [7, 11) is 0. The van der Waals surface area contributed by atoms with Crippen LogP contribution in [0.5, 0.6) is 0 Å². The van der Waals surface area contributed by atoms with E-state index in [1.165, 1.54) is 12.1 Å². The molecule has 1 unspecified atom stereocenters. The van der Waals surface area contributed by atoms with E-state index in [0.717, 1.165) is 18.5 Å². The fraction of sp³-hybridized carbons (Fsp3) is 0.438. The number of likely N-dealkylation sites (tertiary alicyclic amines) is 1. The smallest absolute Gasteiger partial charge is 0.223 e. The topological polar surface area (TPSA) is 40.5 Å². The van der Waals surface area contributed by atoms with Gasteiger partial charge in [0.25, 0.3) is 0 Å². The zero-order chi connectivity index (χ0) is 14.5. The fourth-order valence-electron chi connectivity index (χ4n) is 2.42. The van der Waals surface area contributed by atoms with Gasteiger partial charge in [-0.25, -0.2) is 4.39 Å². The van der Waals surface area contributed by atoms with Gasteiger partial charge < -0.3 is 10.0 Å². The number of carbonyl (C=O) groups excluding carboxylic acids is 1. The highest BCUT2D eigenvalue weighted by molar-refractivity contribution is 5.78. The van der Waals surface area contributed by atoms with Gasteiger partial charge >= 0.3 is 0 Å². The van der Waals surface area contributed by atoms with E-state index >= 15 is 0 Å². The van der Waals surface area contributed by atoms with Gasteiger partial charge in [-0.2, -0.15) is 0 Å². The molecule has 0 aromatic heterocycles. The van der Waals surface area contributed by atoms with Crippen molar-refractivity contribution in [1.82, 2.24) is 4.90 Å². The van der Waals surface area contributed by atoms with Crippen molar-refractivity contribution in [2.75, 3.05) is 13.2 Å². The Hall–Kier alpha value is -1.86. The van der Waals surface area contributed by atoms with Gasteiger partial charge in [-0.3, -0.25) is 4.79 Å². The molecule has 1 aliphatic rings. The number of nitrogens with zero attached hydrogens (tertiary/aromatic N) is 1. The first kappa shape index (κ1) is 14.5. The third-order valence-electron chi connectivity index (χ3n) is 3.61. The zero-order valence-electron chi connectivity index (χ0n) is 11.5. The molecular formula is C16H18FNO2. The molecule has 4 heteroatoms. The highest BCUT2D eigenvalue weighted by Crippen LogP contribution is 2.23. The zero-order valence-corrected chi connectivity index (χ0v) is 11.5. The van der Waals surface area contributed by atoms with Crippen LogP contribution < -0.4 is 0 Å². The summed E-state index contributed by atoms with van der Waals surface area (Å²) in [5.41, 5.74) is 1.35. The largest absolute Gasteiger partial charge is 0.384 e. The minimum Gasteiger partial charge on any atom is -0.384 e. The number of hydrogen-bond acceptors (Lipinski definition) is 2. The normalized spacial score (nSPS) is 18.1. The van der Waals surface area contributed by atoms with Crippen LogP contribution in [0.2, 0.25) is 0 Å². The lowest BCUT2D eigenvalue weighted by Gasteiger charge is -2.17. The molecule has 0 bridgehead atoms. The molecule has 106 valence electrons. The lowest BCUT2D eigenvalue weighted by molar-refractivity contribution is -0.128. The van der Waals surface area contributed by atoms with Crippen LogP contribution in [0.3, 0.4) is 0 Å². The van der Waals surface area contributed by atoms with Crippen molar-refractivity contribution in [3.8, 4) is 11.8 Å². The molecule has 1 N–H and O–H groups in total. The maximum absolute atomic E-state index is 13.3. The maximum Gasteiger partial charge on any atom is 0.223 e. The number of aliphatic hydroxyl groups excluding tert-OH is 1. The second kappa shape index (κ2) is 6.53. The summed E-state index contributed by atoms with van der Waals surface area (Å²) < 4.78 is 13.3. The Morgan fingerprint density at radius 2 is 2.30 bits per heavy atom. The van der Waals surface area contributed by atoms with Crippen molar-refractivity contribution in [2.45, 2.75) is 26.3 Å². The molecule has 0 radical (unpaired) electrons. The third-order valence-corrected chi connectivity index (χ3v) is 3.61. The Balaban J connectivity index is 2.19. The molecule has 1 aromatic carbocycles. The van der Waals surface area contributed by atoms with E-state index < -0.39 is 0 Å². The summed E-state index contributed by atoms with van der Waals surface area (Å²) >= 11 is 0. The summed E-state index contributed by atoms with van der Waals surface area (Å²) in [6, 6.07) is 4.37. The number of rotatable bonds is 3. The van der Waals surface area contributed by atoms with Crippen LogP contribution in [-0.2, 0) is 11.3 Å². The van der Waals surface area contributed by atoms with Crippen molar-refractivity contribution in [3.05, 3.63) is 35.1 Å². The standard InChI is InChI=1S/C16H18FNO2/c1-2-12-8-16(20)18(10-12)11-14-5-6-15(17)9-13(14)4-3-7-19/h5-6,9,12,19H,2,7-8,10-11H2,1H3. The van der Waals surface area contributed by atoms with Gasteiger partial charge in [-0.15, -0.1) is 0 Å². The Morgan fingerprint density at radius 1 is 1.50 bits per heavy atom. The Kier molecular flexibility index (Phi) is 4.75. The van der Waals surface area contributed by atoms with E-state index in [2.05, 4.69) is 18.8 Å². The van der Waals surface area contributed by atoms with Crippen LogP contribution in [0.25, 0.3) is 0 Å². The maximum atomic E-state index is 13.3. The van der Waals surface area contributed by atoms with E-state index in [0.29, 0.717) is 24.4 Å². The minimum atomic E-state index is -0.366. The van der Waals surface area contributed by atoms with E-state index in [-0.39, 0.29) is 18.3 Å². The van der Waals surface area contributed by atoms with Crippen molar-refractivity contribution in [2.24, 2.45) is 5.92 Å². The molecule has 0 spiro atoms. The highest BCUT2D eigenvalue weighted by Gasteiger charge is 2.28. The van der Waals surface area contributed by atoms with Crippen molar-refractivity contribution >= 4 is 5.91 Å². The average molecular weight is 275 g/mol. The van der Waals surface area contributed by atoms with Gasteiger partial charge in [0, 0.05) is 25.1 Å². The van der Waals surface area contributed by atoms with Gasteiger partial charge in [-0.1, -0.05) is 31.3 Å². The van der Waals surface area contributed by atoms with Gasteiger partial charge in [0.1, 0.15) is 12.4 Å². The van der Waals surface area contributed by atoms with Crippen molar-refractivity contribution in [3.63, 3.8) is 0 Å². The summed E-state index contributed by atoms with van der Waals surface area (Å²) in [6.07, 6.45) is 1.58. The van der Waals surface area contributed by atoms with Crippen LogP contribution in [0.1, 0.15) is 30.9 Å². The molecule has 2 rings (SSSR count). The molecule has 1 amide bonds. The van der Waals surface area contributed by atoms with Gasteiger partial charge in [0.2, 0.25) is 5.91 Å². The number of carbonyl (C=O) groups is 1. The predicted molar refractivity (Wildman–Crippen MR) is 74.2 cm³/mol. The van der Waals surface area contributed by atoms with Crippen LogP contribution in [0, 0.1) is 23.6 Å². The molecule has 1 atom stereocenters. The summed E-state index contributed by atoms with van der Waals surface area (Å²) in [5.74, 6) is 5.45. The summed E-state index contributed by atoms with van der Waals surface area (Å²) in [5, 5.41) is 8.75. The molecule has 20 heavy (non-hydrogen) atoms. The number of hydrogen-bond donors (Lipinski definition) is 1. The molecule has 3 nitrogen and oxygen atoms in total. The van der Waals surface area contributed by atoms with Crippen LogP contribution >= 0.6 is 0 Å². The quantitative estimate of drug-likeness (QED) is 0.856. The number of benzene rings is 1. The second-order valence-corrected chi connectivity index (χ2v) is 5.01. The summed E-state index contributed by atoms with van der Waals surface area (Å²) in [4.78, 5) is 13.7. The Labute approximate surface area is 118 Å². The van der Waals surface area contributed by atoms with Crippen LogP contribution in [0.15, 0.2) is 18.2 Å². The number of aliphatic hydroxyl groups is 1. The lowest BCUT2D eigenvalue weighted by Crippen LogP contribution is -2.25. The fourth-order valence-corrected chi connectivity index (χ4v) is 2.42. The summed E-state index contributed by atoms with van der Waals surface area (Å²) in [6.45, 7) is 3.01. The lowest BCUT2D eigenvalue weighted by atomic mass is 10.1. The van der Waals surface area contributed by atoms with E-state index in [9.17, 15) is 9.18 Å². The van der Waals surface area contributed by atoms with Gasteiger partial charge in [0.05, 0.1) is 0 Å². The predicted octanol–water partition coefficient (Wildman–Crippen LogP) is 1.93. The molecular weight excluding hydrogens is 257 g/mol. The van der Waals surface area contributed by atoms with E-state index in [1.54, 1.807) is 11.0 Å². The van der Waals surface area contributed by atoms with Crippen LogP contribution in [-0.4, -0.2) is 29.1 Å². The first-order valence-corrected chi connectivity index (χ1v) is 6.80. The van der Waals surface area contributed by atoms with Crippen LogP contribution in [0.4, 0.5) is 4.39 Å². The molecule has 0 aliphatic carbocycles. The average Bonchev–Trinajstić information content (AvgIpc) is 2.79. The Bertz CT molecular complexity index is 559. The molecule has 1 fully saturated rings. The first-order valence-electron chi connectivity index (χ1n) is 6.80. The van der Waals surface area contributed by atoms with Crippen molar-refractivity contribution < 1.29 is 14.3 Å². The van der Waals surface area contributed by atoms with Gasteiger partial charge in [-0.05, 0) is 23.6 Å². The first-order chi connectivity index (χ1) is 9.63. The molecule has 0 saturated carbocycles. The highest BCUT2D eigenvalue weighted by atomic mass is 19.1. The van der Waals surface area contributed by atoms with Crippen molar-refractivity contribution in [1.29, 1.82) is 0 Å². The minimum absolute atomic E-state index is 0.141.